The lowest BCUT2D eigenvalue weighted by Crippen LogP contribution is -2.54. The summed E-state index contributed by atoms with van der Waals surface area (Å²) in [6.45, 7) is 2.56. The van der Waals surface area contributed by atoms with E-state index < -0.39 is 39.6 Å². The van der Waals surface area contributed by atoms with Crippen LogP contribution in [-0.4, -0.2) is 73.7 Å². The van der Waals surface area contributed by atoms with Crippen LogP contribution < -0.4 is 4.90 Å². The molecule has 0 saturated carbocycles. The molecular weight excluding hydrogens is 525 g/mol. The van der Waals surface area contributed by atoms with E-state index in [9.17, 15) is 32.3 Å². The number of carbonyl (C=O) groups is 3. The third kappa shape index (κ3) is 6.09. The van der Waals surface area contributed by atoms with Gasteiger partial charge in [-0.25, -0.2) is 22.5 Å². The topological polar surface area (TPSA) is 115 Å². The molecule has 1 saturated heterocycles. The van der Waals surface area contributed by atoms with Crippen molar-refractivity contribution < 1.29 is 32.3 Å². The molecule has 1 fully saturated rings. The average molecular weight is 554 g/mol. The Hall–Kier alpha value is -4.25. The highest BCUT2D eigenvalue weighted by molar-refractivity contribution is 7.90. The first-order valence-electron chi connectivity index (χ1n) is 12.2. The zero-order chi connectivity index (χ0) is 28.3. The summed E-state index contributed by atoms with van der Waals surface area (Å²) in [5.74, 6) is -2.08. The van der Waals surface area contributed by atoms with Gasteiger partial charge in [-0.05, 0) is 42.8 Å². The molecule has 0 radical (unpaired) electrons. The van der Waals surface area contributed by atoms with Gasteiger partial charge in [0.2, 0.25) is 0 Å². The number of benzene rings is 3. The van der Waals surface area contributed by atoms with Crippen LogP contribution in [0, 0.1) is 12.7 Å². The summed E-state index contributed by atoms with van der Waals surface area (Å²) in [7, 11) is -3.72. The Bertz CT molecular complexity index is 1490. The summed E-state index contributed by atoms with van der Waals surface area (Å²) in [6.07, 6.45) is -0.563. The number of halogens is 1. The molecule has 204 valence electrons. The first kappa shape index (κ1) is 27.8. The summed E-state index contributed by atoms with van der Waals surface area (Å²) in [6, 6.07) is 16.7. The van der Waals surface area contributed by atoms with Crippen molar-refractivity contribution in [2.45, 2.75) is 17.9 Å². The quantitative estimate of drug-likeness (QED) is 0.494. The van der Waals surface area contributed by atoms with Crippen molar-refractivity contribution in [1.82, 2.24) is 9.80 Å². The van der Waals surface area contributed by atoms with Gasteiger partial charge in [0.25, 0.3) is 11.8 Å². The van der Waals surface area contributed by atoms with Gasteiger partial charge in [-0.1, -0.05) is 48.0 Å². The average Bonchev–Trinajstić information content (AvgIpc) is 2.91. The van der Waals surface area contributed by atoms with E-state index >= 15 is 0 Å². The molecular formula is C28H28FN3O6S. The molecule has 39 heavy (non-hydrogen) atoms. The second kappa shape index (κ2) is 11.2. The summed E-state index contributed by atoms with van der Waals surface area (Å²) < 4.78 is 38.3. The Balaban J connectivity index is 1.64. The number of aryl methyl sites for hydroxylation is 1. The number of amides is 3. The first-order valence-corrected chi connectivity index (χ1v) is 14.1. The number of imide groups is 1. The van der Waals surface area contributed by atoms with Crippen LogP contribution in [0.4, 0.5) is 14.9 Å². The number of piperazine rings is 1. The van der Waals surface area contributed by atoms with Crippen LogP contribution >= 0.6 is 0 Å². The number of rotatable bonds is 6. The molecule has 3 aromatic carbocycles. The van der Waals surface area contributed by atoms with Gasteiger partial charge in [0.1, 0.15) is 11.9 Å². The fourth-order valence-electron chi connectivity index (χ4n) is 4.57. The second-order valence-electron chi connectivity index (χ2n) is 9.33. The molecule has 0 aliphatic carbocycles. The van der Waals surface area contributed by atoms with Crippen LogP contribution in [0.15, 0.2) is 77.7 Å². The largest absolute Gasteiger partial charge is 0.465 e. The SMILES string of the molecule is Cc1ccc([C@H](C(=O)N2CCN(c3ccc(F)cc3S(C)(=O)=O)CC2)N(C(=O)O)C(=O)c2ccccc2)cc1. The van der Waals surface area contributed by atoms with Crippen LogP contribution in [0.3, 0.4) is 0 Å². The maximum atomic E-state index is 13.9. The molecule has 0 spiro atoms. The molecule has 9 nitrogen and oxygen atoms in total. The van der Waals surface area contributed by atoms with Crippen molar-refractivity contribution in [3.05, 3.63) is 95.3 Å². The smallest absolute Gasteiger partial charge is 0.415 e. The number of sulfone groups is 1. The van der Waals surface area contributed by atoms with Crippen molar-refractivity contribution >= 4 is 33.4 Å². The number of carbonyl (C=O) groups excluding carboxylic acids is 2. The van der Waals surface area contributed by atoms with Crippen molar-refractivity contribution in [3.63, 3.8) is 0 Å². The van der Waals surface area contributed by atoms with Gasteiger partial charge in [-0.2, -0.15) is 0 Å². The maximum absolute atomic E-state index is 13.9. The minimum Gasteiger partial charge on any atom is -0.465 e. The van der Waals surface area contributed by atoms with Gasteiger partial charge in [0, 0.05) is 38.0 Å². The highest BCUT2D eigenvalue weighted by Gasteiger charge is 2.40. The number of hydrogen-bond donors (Lipinski definition) is 1. The lowest BCUT2D eigenvalue weighted by molar-refractivity contribution is -0.136. The monoisotopic (exact) mass is 553 g/mol. The summed E-state index contributed by atoms with van der Waals surface area (Å²) in [4.78, 5) is 43.2. The Kier molecular flexibility index (Phi) is 8.01. The Morgan fingerprint density at radius 1 is 0.923 bits per heavy atom. The summed E-state index contributed by atoms with van der Waals surface area (Å²) in [5, 5.41) is 10.1. The van der Waals surface area contributed by atoms with Crippen LogP contribution in [-0.2, 0) is 14.6 Å². The van der Waals surface area contributed by atoms with E-state index in [2.05, 4.69) is 0 Å². The van der Waals surface area contributed by atoms with E-state index in [1.807, 2.05) is 6.92 Å². The van der Waals surface area contributed by atoms with E-state index in [1.165, 1.54) is 29.2 Å². The van der Waals surface area contributed by atoms with Gasteiger partial charge < -0.3 is 14.9 Å². The van der Waals surface area contributed by atoms with Crippen LogP contribution in [0.2, 0.25) is 0 Å². The Morgan fingerprint density at radius 2 is 1.54 bits per heavy atom. The zero-order valence-electron chi connectivity index (χ0n) is 21.5. The summed E-state index contributed by atoms with van der Waals surface area (Å²) in [5.41, 5.74) is 1.69. The minimum atomic E-state index is -3.72. The van der Waals surface area contributed by atoms with Crippen LogP contribution in [0.25, 0.3) is 0 Å². The highest BCUT2D eigenvalue weighted by Crippen LogP contribution is 2.30. The van der Waals surface area contributed by atoms with Gasteiger partial charge in [0.05, 0.1) is 10.6 Å². The molecule has 0 aromatic heterocycles. The molecule has 11 heteroatoms. The van der Waals surface area contributed by atoms with E-state index in [0.717, 1.165) is 17.9 Å². The molecule has 3 aromatic rings. The van der Waals surface area contributed by atoms with Crippen molar-refractivity contribution in [2.24, 2.45) is 0 Å². The molecule has 4 rings (SSSR count). The zero-order valence-corrected chi connectivity index (χ0v) is 22.3. The van der Waals surface area contributed by atoms with E-state index in [4.69, 9.17) is 0 Å². The van der Waals surface area contributed by atoms with Crippen molar-refractivity contribution in [2.75, 3.05) is 37.3 Å². The number of nitrogens with zero attached hydrogens (tertiary/aromatic N) is 3. The molecule has 1 aliphatic rings. The minimum absolute atomic E-state index is 0.124. The molecule has 1 aliphatic heterocycles. The first-order chi connectivity index (χ1) is 18.5. The van der Waals surface area contributed by atoms with Crippen molar-refractivity contribution in [1.29, 1.82) is 0 Å². The number of carboxylic acid groups (broad SMARTS) is 1. The third-order valence-electron chi connectivity index (χ3n) is 6.58. The van der Waals surface area contributed by atoms with E-state index in [0.29, 0.717) is 16.2 Å². The Labute approximate surface area is 226 Å². The van der Waals surface area contributed by atoms with Crippen molar-refractivity contribution in [3.8, 4) is 0 Å². The number of anilines is 1. The normalized spacial score (nSPS) is 14.5. The van der Waals surface area contributed by atoms with Gasteiger partial charge in [-0.3, -0.25) is 9.59 Å². The van der Waals surface area contributed by atoms with E-state index in [-0.39, 0.29) is 36.6 Å². The lowest BCUT2D eigenvalue weighted by Gasteiger charge is -2.39. The van der Waals surface area contributed by atoms with E-state index in [1.54, 1.807) is 47.4 Å². The maximum Gasteiger partial charge on any atom is 0.415 e. The molecule has 1 N–H and O–H groups in total. The predicted octanol–water partition coefficient (Wildman–Crippen LogP) is 3.75. The van der Waals surface area contributed by atoms with Gasteiger partial charge >= 0.3 is 6.09 Å². The standard InChI is InChI=1S/C28H28FN3O6S/c1-19-8-10-20(11-9-19)25(32(28(35)36)26(33)21-6-4-3-5-7-21)27(34)31-16-14-30(15-17-31)23-13-12-22(29)18-24(23)39(2,37)38/h3-13,18,25H,14-17H2,1-2H3,(H,35,36)/t25-/m1/s1. The van der Waals surface area contributed by atoms with Crippen LogP contribution in [0.5, 0.6) is 0 Å². The predicted molar refractivity (Wildman–Crippen MR) is 143 cm³/mol. The molecule has 1 heterocycles. The number of hydrogen-bond acceptors (Lipinski definition) is 6. The van der Waals surface area contributed by atoms with Crippen LogP contribution in [0.1, 0.15) is 27.5 Å². The summed E-state index contributed by atoms with van der Waals surface area (Å²) >= 11 is 0. The second-order valence-corrected chi connectivity index (χ2v) is 11.3. The third-order valence-corrected chi connectivity index (χ3v) is 7.71. The van der Waals surface area contributed by atoms with Gasteiger partial charge in [-0.15, -0.1) is 0 Å². The lowest BCUT2D eigenvalue weighted by atomic mass is 10.0. The molecule has 0 bridgehead atoms. The van der Waals surface area contributed by atoms with Gasteiger partial charge in [0.15, 0.2) is 9.84 Å². The molecule has 3 amide bonds. The Morgan fingerprint density at radius 3 is 2.10 bits per heavy atom. The molecule has 1 atom stereocenters. The molecule has 0 unspecified atom stereocenters. The fourth-order valence-corrected chi connectivity index (χ4v) is 5.48. The fraction of sp³-hybridized carbons (Fsp3) is 0.250. The highest BCUT2D eigenvalue weighted by atomic mass is 32.2.